The summed E-state index contributed by atoms with van der Waals surface area (Å²) in [6.07, 6.45) is 2.62. The quantitative estimate of drug-likeness (QED) is 0.851. The van der Waals surface area contributed by atoms with Crippen LogP contribution in [-0.2, 0) is 6.54 Å². The summed E-state index contributed by atoms with van der Waals surface area (Å²) in [7, 11) is 0. The van der Waals surface area contributed by atoms with Gasteiger partial charge in [-0.2, -0.15) is 0 Å². The Morgan fingerprint density at radius 2 is 1.86 bits per heavy atom. The first-order valence-corrected chi connectivity index (χ1v) is 7.03. The van der Waals surface area contributed by atoms with Crippen LogP contribution < -0.4 is 20.1 Å². The smallest absolute Gasteiger partial charge is 0.231 e. The number of rotatable bonds is 6. The highest BCUT2D eigenvalue weighted by Gasteiger charge is 2.12. The van der Waals surface area contributed by atoms with Gasteiger partial charge in [0.25, 0.3) is 0 Å². The Bertz CT molecular complexity index is 618. The maximum atomic E-state index is 5.37. The largest absolute Gasteiger partial charge is 0.454 e. The lowest BCUT2D eigenvalue weighted by Gasteiger charge is -2.08. The van der Waals surface area contributed by atoms with Crippen molar-refractivity contribution in [2.24, 2.45) is 0 Å². The van der Waals surface area contributed by atoms with Crippen molar-refractivity contribution in [3.63, 3.8) is 0 Å². The van der Waals surface area contributed by atoms with Crippen LogP contribution in [0.4, 0.5) is 11.6 Å². The van der Waals surface area contributed by atoms with E-state index in [1.807, 2.05) is 24.3 Å². The van der Waals surface area contributed by atoms with Crippen molar-refractivity contribution in [1.82, 2.24) is 9.97 Å². The van der Waals surface area contributed by atoms with E-state index < -0.39 is 0 Å². The highest BCUT2D eigenvalue weighted by molar-refractivity contribution is 5.48. The van der Waals surface area contributed by atoms with Gasteiger partial charge in [-0.25, -0.2) is 9.97 Å². The van der Waals surface area contributed by atoms with Crippen molar-refractivity contribution >= 4 is 11.6 Å². The zero-order valence-electron chi connectivity index (χ0n) is 11.9. The summed E-state index contributed by atoms with van der Waals surface area (Å²) < 4.78 is 10.7. The first kappa shape index (κ1) is 13.5. The van der Waals surface area contributed by atoms with E-state index in [2.05, 4.69) is 27.5 Å². The first-order chi connectivity index (χ1) is 10.3. The van der Waals surface area contributed by atoms with Crippen molar-refractivity contribution < 1.29 is 9.47 Å². The third-order valence-electron chi connectivity index (χ3n) is 3.13. The second-order valence-electron chi connectivity index (χ2n) is 4.76. The standard InChI is InChI=1S/C15H18N4O2/c1-2-5-16-14-7-15(19-9-18-14)17-8-11-3-4-12-13(6-11)21-10-20-12/h3-4,6-7,9H,2,5,8,10H2,1H3,(H2,16,17,18,19). The van der Waals surface area contributed by atoms with Crippen molar-refractivity contribution in [2.45, 2.75) is 19.9 Å². The number of anilines is 2. The Morgan fingerprint density at radius 1 is 1.05 bits per heavy atom. The van der Waals surface area contributed by atoms with E-state index >= 15 is 0 Å². The average Bonchev–Trinajstić information content (AvgIpc) is 2.99. The third-order valence-corrected chi connectivity index (χ3v) is 3.13. The molecule has 0 fully saturated rings. The lowest BCUT2D eigenvalue weighted by atomic mass is 10.2. The molecule has 6 nitrogen and oxygen atoms in total. The van der Waals surface area contributed by atoms with Gasteiger partial charge in [0.15, 0.2) is 11.5 Å². The lowest BCUT2D eigenvalue weighted by molar-refractivity contribution is 0.174. The fraction of sp³-hybridized carbons (Fsp3) is 0.333. The Hall–Kier alpha value is -2.50. The topological polar surface area (TPSA) is 68.3 Å². The van der Waals surface area contributed by atoms with Crippen LogP contribution in [0.15, 0.2) is 30.6 Å². The lowest BCUT2D eigenvalue weighted by Crippen LogP contribution is -2.05. The fourth-order valence-corrected chi connectivity index (χ4v) is 2.05. The summed E-state index contributed by atoms with van der Waals surface area (Å²) in [5.41, 5.74) is 1.11. The second kappa shape index (κ2) is 6.30. The van der Waals surface area contributed by atoms with Crippen LogP contribution in [0.5, 0.6) is 11.5 Å². The molecule has 0 atom stereocenters. The molecule has 3 rings (SSSR count). The highest BCUT2D eigenvalue weighted by atomic mass is 16.7. The zero-order valence-corrected chi connectivity index (χ0v) is 11.9. The Morgan fingerprint density at radius 3 is 2.71 bits per heavy atom. The molecule has 0 spiro atoms. The molecule has 0 unspecified atom stereocenters. The Balaban J connectivity index is 1.62. The van der Waals surface area contributed by atoms with Crippen LogP contribution in [0.2, 0.25) is 0 Å². The number of hydrogen-bond donors (Lipinski definition) is 2. The van der Waals surface area contributed by atoms with Gasteiger partial charge in [0.05, 0.1) is 0 Å². The molecule has 2 N–H and O–H groups in total. The molecule has 0 aliphatic carbocycles. The molecule has 0 amide bonds. The van der Waals surface area contributed by atoms with Crippen LogP contribution in [-0.4, -0.2) is 23.3 Å². The molecule has 1 aromatic heterocycles. The number of nitrogens with one attached hydrogen (secondary N) is 2. The maximum absolute atomic E-state index is 5.37. The average molecular weight is 286 g/mol. The van der Waals surface area contributed by atoms with Gasteiger partial charge in [0.1, 0.15) is 18.0 Å². The minimum atomic E-state index is 0.296. The molecule has 2 heterocycles. The molecule has 110 valence electrons. The molecule has 2 aromatic rings. The van der Waals surface area contributed by atoms with Crippen molar-refractivity contribution in [3.8, 4) is 11.5 Å². The molecule has 6 heteroatoms. The molecular weight excluding hydrogens is 268 g/mol. The molecule has 21 heavy (non-hydrogen) atoms. The molecule has 0 bridgehead atoms. The predicted octanol–water partition coefficient (Wildman–Crippen LogP) is 2.64. The molecule has 1 aliphatic rings. The van der Waals surface area contributed by atoms with Crippen LogP contribution >= 0.6 is 0 Å². The number of benzene rings is 1. The van der Waals surface area contributed by atoms with Gasteiger partial charge < -0.3 is 20.1 Å². The number of nitrogens with zero attached hydrogens (tertiary/aromatic N) is 2. The van der Waals surface area contributed by atoms with E-state index in [9.17, 15) is 0 Å². The van der Waals surface area contributed by atoms with E-state index in [1.54, 1.807) is 6.33 Å². The van der Waals surface area contributed by atoms with Gasteiger partial charge in [0.2, 0.25) is 6.79 Å². The van der Waals surface area contributed by atoms with Crippen molar-refractivity contribution in [2.75, 3.05) is 24.0 Å². The van der Waals surface area contributed by atoms with Gasteiger partial charge >= 0.3 is 0 Å². The van der Waals surface area contributed by atoms with Gasteiger partial charge in [0, 0.05) is 19.2 Å². The first-order valence-electron chi connectivity index (χ1n) is 7.03. The second-order valence-corrected chi connectivity index (χ2v) is 4.76. The Kier molecular flexibility index (Phi) is 4.04. The third kappa shape index (κ3) is 3.34. The summed E-state index contributed by atoms with van der Waals surface area (Å²) in [4.78, 5) is 8.40. The van der Waals surface area contributed by atoms with Crippen molar-refractivity contribution in [3.05, 3.63) is 36.2 Å². The minimum absolute atomic E-state index is 0.296. The van der Waals surface area contributed by atoms with Crippen molar-refractivity contribution in [1.29, 1.82) is 0 Å². The van der Waals surface area contributed by atoms with Gasteiger partial charge in [-0.15, -0.1) is 0 Å². The maximum Gasteiger partial charge on any atom is 0.231 e. The van der Waals surface area contributed by atoms with Crippen LogP contribution in [0.1, 0.15) is 18.9 Å². The van der Waals surface area contributed by atoms with Crippen LogP contribution in [0.3, 0.4) is 0 Å². The van der Waals surface area contributed by atoms with E-state index in [0.29, 0.717) is 13.3 Å². The SMILES string of the molecule is CCCNc1cc(NCc2ccc3c(c2)OCO3)ncn1. The van der Waals surface area contributed by atoms with E-state index in [1.165, 1.54) is 0 Å². The molecule has 0 radical (unpaired) electrons. The summed E-state index contributed by atoms with van der Waals surface area (Å²) in [5, 5.41) is 6.52. The number of fused-ring (bicyclic) bond motifs is 1. The number of hydrogen-bond acceptors (Lipinski definition) is 6. The fourth-order valence-electron chi connectivity index (χ4n) is 2.05. The molecule has 0 saturated heterocycles. The zero-order chi connectivity index (χ0) is 14.5. The molecule has 1 aliphatic heterocycles. The van der Waals surface area contributed by atoms with Crippen LogP contribution in [0.25, 0.3) is 0 Å². The van der Waals surface area contributed by atoms with Crippen LogP contribution in [0, 0.1) is 0 Å². The van der Waals surface area contributed by atoms with E-state index in [-0.39, 0.29) is 0 Å². The summed E-state index contributed by atoms with van der Waals surface area (Å²) in [6.45, 7) is 3.98. The highest BCUT2D eigenvalue weighted by Crippen LogP contribution is 2.32. The molecule has 0 saturated carbocycles. The van der Waals surface area contributed by atoms with E-state index in [4.69, 9.17) is 9.47 Å². The minimum Gasteiger partial charge on any atom is -0.454 e. The summed E-state index contributed by atoms with van der Waals surface area (Å²) >= 11 is 0. The monoisotopic (exact) mass is 286 g/mol. The molecule has 1 aromatic carbocycles. The van der Waals surface area contributed by atoms with Gasteiger partial charge in [-0.05, 0) is 24.1 Å². The molecular formula is C15H18N4O2. The summed E-state index contributed by atoms with van der Waals surface area (Å²) in [5.74, 6) is 3.22. The normalized spacial score (nSPS) is 12.2. The number of ether oxygens (including phenoxy) is 2. The van der Waals surface area contributed by atoms with Gasteiger partial charge in [-0.3, -0.25) is 0 Å². The van der Waals surface area contributed by atoms with Gasteiger partial charge in [-0.1, -0.05) is 13.0 Å². The summed E-state index contributed by atoms with van der Waals surface area (Å²) in [6, 6.07) is 7.82. The Labute approximate surface area is 123 Å². The van der Waals surface area contributed by atoms with E-state index in [0.717, 1.165) is 41.7 Å². The number of aromatic nitrogens is 2. The predicted molar refractivity (Wildman–Crippen MR) is 80.7 cm³/mol.